The van der Waals surface area contributed by atoms with Gasteiger partial charge in [0, 0.05) is 0 Å². The molecule has 1 rings (SSSR count). The molecule has 0 fully saturated rings. The van der Waals surface area contributed by atoms with E-state index in [0.29, 0.717) is 5.02 Å². The van der Waals surface area contributed by atoms with Gasteiger partial charge in [0.05, 0.1) is 5.02 Å². The first-order chi connectivity index (χ1) is 5.11. The van der Waals surface area contributed by atoms with Gasteiger partial charge in [-0.15, -0.1) is 0 Å². The lowest BCUT2D eigenvalue weighted by Crippen LogP contribution is -1.77. The van der Waals surface area contributed by atoms with Crippen LogP contribution in [0.5, 0.6) is 5.75 Å². The van der Waals surface area contributed by atoms with E-state index < -0.39 is 0 Å². The van der Waals surface area contributed by atoms with E-state index in [9.17, 15) is 5.11 Å². The first kappa shape index (κ1) is 8.15. The minimum absolute atomic E-state index is 0.104. The van der Waals surface area contributed by atoms with Crippen LogP contribution < -0.4 is 0 Å². The third-order valence-corrected chi connectivity index (χ3v) is 1.76. The summed E-state index contributed by atoms with van der Waals surface area (Å²) in [5.74, 6) is 0.104. The summed E-state index contributed by atoms with van der Waals surface area (Å²) < 4.78 is 0. The maximum absolute atomic E-state index is 9.18. The van der Waals surface area contributed by atoms with Crippen LogP contribution in [0.3, 0.4) is 0 Å². The minimum Gasteiger partial charge on any atom is -0.506 e. The van der Waals surface area contributed by atoms with E-state index in [1.54, 1.807) is 12.1 Å². The van der Waals surface area contributed by atoms with Crippen LogP contribution in [-0.2, 0) is 0 Å². The zero-order valence-corrected chi connectivity index (χ0v) is 7.02. The fourth-order valence-electron chi connectivity index (χ4n) is 0.778. The first-order valence-corrected chi connectivity index (χ1v) is 3.63. The van der Waals surface area contributed by atoms with Gasteiger partial charge >= 0.3 is 0 Å². The smallest absolute Gasteiger partial charge is 0.134 e. The lowest BCUT2D eigenvalue weighted by molar-refractivity contribution is 0.475. The Hall–Kier alpha value is -0.950. The molecule has 0 saturated heterocycles. The van der Waals surface area contributed by atoms with Crippen molar-refractivity contribution in [1.29, 1.82) is 0 Å². The van der Waals surface area contributed by atoms with Gasteiger partial charge in [-0.25, -0.2) is 0 Å². The van der Waals surface area contributed by atoms with Gasteiger partial charge in [-0.1, -0.05) is 29.8 Å². The number of phenols is 1. The molecule has 1 aromatic carbocycles. The predicted molar refractivity (Wildman–Crippen MR) is 47.8 cm³/mol. The summed E-state index contributed by atoms with van der Waals surface area (Å²) in [7, 11) is 0. The van der Waals surface area contributed by atoms with Crippen molar-refractivity contribution in [1.82, 2.24) is 0 Å². The number of aromatic hydroxyl groups is 1. The molecule has 1 N–H and O–H groups in total. The molecule has 0 aromatic heterocycles. The lowest BCUT2D eigenvalue weighted by atomic mass is 10.1. The van der Waals surface area contributed by atoms with E-state index in [2.05, 4.69) is 6.58 Å². The normalized spacial score (nSPS) is 9.64. The maximum atomic E-state index is 9.18. The second kappa shape index (κ2) is 2.97. The van der Waals surface area contributed by atoms with Crippen LogP contribution in [0.25, 0.3) is 5.57 Å². The molecule has 2 heteroatoms. The maximum Gasteiger partial charge on any atom is 0.134 e. The molecule has 11 heavy (non-hydrogen) atoms. The van der Waals surface area contributed by atoms with E-state index in [1.165, 1.54) is 0 Å². The van der Waals surface area contributed by atoms with E-state index in [1.807, 2.05) is 13.0 Å². The molecule has 0 bridgehead atoms. The van der Waals surface area contributed by atoms with Crippen LogP contribution in [0.4, 0.5) is 0 Å². The van der Waals surface area contributed by atoms with Crippen LogP contribution in [0.2, 0.25) is 5.02 Å². The largest absolute Gasteiger partial charge is 0.506 e. The van der Waals surface area contributed by atoms with Crippen LogP contribution in [0.1, 0.15) is 12.5 Å². The van der Waals surface area contributed by atoms with Crippen molar-refractivity contribution in [2.24, 2.45) is 0 Å². The molecule has 0 aliphatic carbocycles. The Morgan fingerprint density at radius 3 is 2.64 bits per heavy atom. The SMILES string of the molecule is C=C(C)c1ccc(Cl)c(O)c1. The van der Waals surface area contributed by atoms with Crippen LogP contribution in [0, 0.1) is 0 Å². The van der Waals surface area contributed by atoms with Gasteiger partial charge in [0.15, 0.2) is 0 Å². The van der Waals surface area contributed by atoms with Crippen molar-refractivity contribution in [2.45, 2.75) is 6.92 Å². The standard InChI is InChI=1S/C9H9ClO/c1-6(2)7-3-4-8(10)9(11)5-7/h3-5,11H,1H2,2H3. The van der Waals surface area contributed by atoms with Gasteiger partial charge in [0.1, 0.15) is 5.75 Å². The number of benzene rings is 1. The molecule has 0 aliphatic rings. The van der Waals surface area contributed by atoms with Crippen molar-refractivity contribution in [3.05, 3.63) is 35.4 Å². The highest BCUT2D eigenvalue weighted by atomic mass is 35.5. The highest BCUT2D eigenvalue weighted by Crippen LogP contribution is 2.26. The first-order valence-electron chi connectivity index (χ1n) is 3.25. The van der Waals surface area contributed by atoms with Crippen molar-refractivity contribution in [3.8, 4) is 5.75 Å². The quantitative estimate of drug-likeness (QED) is 0.684. The zero-order valence-electron chi connectivity index (χ0n) is 6.26. The molecule has 1 aromatic rings. The Morgan fingerprint density at radius 2 is 2.18 bits per heavy atom. The Balaban J connectivity index is 3.15. The number of hydrogen-bond donors (Lipinski definition) is 1. The fraction of sp³-hybridized carbons (Fsp3) is 0.111. The van der Waals surface area contributed by atoms with Crippen molar-refractivity contribution < 1.29 is 5.11 Å². The van der Waals surface area contributed by atoms with Gasteiger partial charge in [-0.2, -0.15) is 0 Å². The number of rotatable bonds is 1. The molecular formula is C9H9ClO. The Labute approximate surface area is 70.9 Å². The summed E-state index contributed by atoms with van der Waals surface area (Å²) in [4.78, 5) is 0. The summed E-state index contributed by atoms with van der Waals surface area (Å²) in [5.41, 5.74) is 1.82. The number of allylic oxidation sites excluding steroid dienone is 1. The van der Waals surface area contributed by atoms with E-state index in [4.69, 9.17) is 11.6 Å². The Bertz CT molecular complexity index is 292. The van der Waals surface area contributed by atoms with Crippen LogP contribution in [-0.4, -0.2) is 5.11 Å². The van der Waals surface area contributed by atoms with Gasteiger partial charge in [-0.05, 0) is 24.6 Å². The van der Waals surface area contributed by atoms with E-state index >= 15 is 0 Å². The number of halogens is 1. The molecule has 1 nitrogen and oxygen atoms in total. The topological polar surface area (TPSA) is 20.2 Å². The van der Waals surface area contributed by atoms with Crippen LogP contribution in [0.15, 0.2) is 24.8 Å². The Morgan fingerprint density at radius 1 is 1.55 bits per heavy atom. The minimum atomic E-state index is 0.104. The molecule has 0 aliphatic heterocycles. The van der Waals surface area contributed by atoms with Gasteiger partial charge in [-0.3, -0.25) is 0 Å². The average Bonchev–Trinajstić information content (AvgIpc) is 1.94. The summed E-state index contributed by atoms with van der Waals surface area (Å²) in [6.45, 7) is 5.62. The summed E-state index contributed by atoms with van der Waals surface area (Å²) in [5, 5.41) is 9.55. The zero-order chi connectivity index (χ0) is 8.43. The number of phenolic OH excluding ortho intramolecular Hbond substituents is 1. The third kappa shape index (κ3) is 1.75. The summed E-state index contributed by atoms with van der Waals surface area (Å²) >= 11 is 5.61. The predicted octanol–water partition coefficient (Wildman–Crippen LogP) is 3.08. The van der Waals surface area contributed by atoms with Gasteiger partial charge in [0.2, 0.25) is 0 Å². The second-order valence-electron chi connectivity index (χ2n) is 2.45. The Kier molecular flexibility index (Phi) is 2.20. The molecule has 0 spiro atoms. The van der Waals surface area contributed by atoms with E-state index in [-0.39, 0.29) is 5.75 Å². The van der Waals surface area contributed by atoms with Crippen molar-refractivity contribution >= 4 is 17.2 Å². The summed E-state index contributed by atoms with van der Waals surface area (Å²) in [6, 6.07) is 5.08. The van der Waals surface area contributed by atoms with Crippen molar-refractivity contribution in [2.75, 3.05) is 0 Å². The second-order valence-corrected chi connectivity index (χ2v) is 2.85. The highest BCUT2D eigenvalue weighted by molar-refractivity contribution is 6.32. The van der Waals surface area contributed by atoms with Crippen molar-refractivity contribution in [3.63, 3.8) is 0 Å². The molecule has 0 saturated carbocycles. The fourth-order valence-corrected chi connectivity index (χ4v) is 0.896. The monoisotopic (exact) mass is 168 g/mol. The molecular weight excluding hydrogens is 160 g/mol. The third-order valence-electron chi connectivity index (χ3n) is 1.44. The molecule has 0 amide bonds. The molecule has 58 valence electrons. The van der Waals surface area contributed by atoms with E-state index in [0.717, 1.165) is 11.1 Å². The molecule has 0 heterocycles. The summed E-state index contributed by atoms with van der Waals surface area (Å²) in [6.07, 6.45) is 0. The molecule has 0 radical (unpaired) electrons. The highest BCUT2D eigenvalue weighted by Gasteiger charge is 1.99. The molecule has 0 unspecified atom stereocenters. The van der Waals surface area contributed by atoms with Gasteiger partial charge in [0.25, 0.3) is 0 Å². The molecule has 0 atom stereocenters. The average molecular weight is 169 g/mol. The lowest BCUT2D eigenvalue weighted by Gasteiger charge is -2.00. The van der Waals surface area contributed by atoms with Crippen LogP contribution >= 0.6 is 11.6 Å². The number of hydrogen-bond acceptors (Lipinski definition) is 1. The van der Waals surface area contributed by atoms with Gasteiger partial charge < -0.3 is 5.11 Å².